The van der Waals surface area contributed by atoms with E-state index < -0.39 is 11.7 Å². The Bertz CT molecular complexity index is 1300. The van der Waals surface area contributed by atoms with Crippen LogP contribution in [0.2, 0.25) is 0 Å². The van der Waals surface area contributed by atoms with Crippen molar-refractivity contribution >= 4 is 28.4 Å². The van der Waals surface area contributed by atoms with Crippen molar-refractivity contribution in [1.82, 2.24) is 15.1 Å². The lowest BCUT2D eigenvalue weighted by atomic mass is 10.2. The van der Waals surface area contributed by atoms with Gasteiger partial charge in [0, 0.05) is 17.8 Å². The van der Waals surface area contributed by atoms with E-state index in [9.17, 15) is 9.59 Å². The normalized spacial score (nSPS) is 11.3. The van der Waals surface area contributed by atoms with E-state index in [0.717, 1.165) is 17.1 Å². The minimum absolute atomic E-state index is 0.0432. The van der Waals surface area contributed by atoms with Gasteiger partial charge in [-0.05, 0) is 45.0 Å². The first-order valence-corrected chi connectivity index (χ1v) is 10.2. The highest BCUT2D eigenvalue weighted by atomic mass is 16.6. The summed E-state index contributed by atoms with van der Waals surface area (Å²) < 4.78 is 12.8. The molecule has 8 heteroatoms. The summed E-state index contributed by atoms with van der Waals surface area (Å²) in [5.74, 6) is 0.336. The van der Waals surface area contributed by atoms with E-state index in [1.165, 1.54) is 6.07 Å². The second-order valence-electron chi connectivity index (χ2n) is 8.28. The van der Waals surface area contributed by atoms with Gasteiger partial charge in [0.15, 0.2) is 5.43 Å². The molecule has 0 unspecified atom stereocenters. The number of nitrogens with one attached hydrogen (secondary N) is 2. The number of ether oxygens (including phenoxy) is 1. The molecule has 0 spiro atoms. The number of hydrogen-bond donors (Lipinski definition) is 2. The maximum Gasteiger partial charge on any atom is 0.408 e. The van der Waals surface area contributed by atoms with Crippen molar-refractivity contribution in [3.8, 4) is 5.69 Å². The SMILES string of the molecule is CC(C)(C)OC(=O)NCc1cc(=O)c2ccc(Nc3cnn(-c4ccccc4)c3)cc2o1. The third kappa shape index (κ3) is 5.15. The summed E-state index contributed by atoms with van der Waals surface area (Å²) in [6.07, 6.45) is 3.01. The van der Waals surface area contributed by atoms with Crippen molar-refractivity contribution in [3.63, 3.8) is 0 Å². The first-order valence-electron chi connectivity index (χ1n) is 10.2. The van der Waals surface area contributed by atoms with Gasteiger partial charge in [0.1, 0.15) is 16.9 Å². The van der Waals surface area contributed by atoms with Gasteiger partial charge in [-0.1, -0.05) is 18.2 Å². The van der Waals surface area contributed by atoms with E-state index >= 15 is 0 Å². The quantitative estimate of drug-likeness (QED) is 0.472. The second kappa shape index (κ2) is 8.58. The fraction of sp³-hybridized carbons (Fsp3) is 0.208. The predicted molar refractivity (Wildman–Crippen MR) is 122 cm³/mol. The Morgan fingerprint density at radius 3 is 2.62 bits per heavy atom. The number of rotatable bonds is 5. The summed E-state index contributed by atoms with van der Waals surface area (Å²) in [6.45, 7) is 5.38. The predicted octanol–water partition coefficient (Wildman–Crippen LogP) is 4.75. The van der Waals surface area contributed by atoms with Crippen molar-refractivity contribution in [3.05, 3.63) is 83.0 Å². The third-order valence-electron chi connectivity index (χ3n) is 4.48. The van der Waals surface area contributed by atoms with Crippen LogP contribution >= 0.6 is 0 Å². The minimum atomic E-state index is -0.608. The lowest BCUT2D eigenvalue weighted by Crippen LogP contribution is -2.32. The Morgan fingerprint density at radius 1 is 1.09 bits per heavy atom. The largest absolute Gasteiger partial charge is 0.459 e. The Balaban J connectivity index is 1.51. The Hall–Kier alpha value is -4.07. The van der Waals surface area contributed by atoms with Crippen molar-refractivity contribution in [2.45, 2.75) is 32.9 Å². The van der Waals surface area contributed by atoms with Gasteiger partial charge in [-0.15, -0.1) is 0 Å². The topological polar surface area (TPSA) is 98.4 Å². The van der Waals surface area contributed by atoms with Crippen LogP contribution in [0.3, 0.4) is 0 Å². The lowest BCUT2D eigenvalue weighted by molar-refractivity contribution is 0.0520. The van der Waals surface area contributed by atoms with Crippen molar-refractivity contribution in [1.29, 1.82) is 0 Å². The molecule has 0 saturated carbocycles. The molecule has 32 heavy (non-hydrogen) atoms. The van der Waals surface area contributed by atoms with Gasteiger partial charge in [-0.25, -0.2) is 9.48 Å². The number of fused-ring (bicyclic) bond motifs is 1. The van der Waals surface area contributed by atoms with Crippen molar-refractivity contribution < 1.29 is 13.9 Å². The molecule has 4 rings (SSSR count). The van der Waals surface area contributed by atoms with Gasteiger partial charge in [0.05, 0.1) is 35.7 Å². The van der Waals surface area contributed by atoms with Gasteiger partial charge in [0.2, 0.25) is 0 Å². The summed E-state index contributed by atoms with van der Waals surface area (Å²) in [4.78, 5) is 24.3. The van der Waals surface area contributed by atoms with Crippen LogP contribution in [-0.2, 0) is 11.3 Å². The third-order valence-corrected chi connectivity index (χ3v) is 4.48. The number of para-hydroxylation sites is 1. The van der Waals surface area contributed by atoms with Crippen LogP contribution in [0.1, 0.15) is 26.5 Å². The number of alkyl carbamates (subject to hydrolysis) is 1. The van der Waals surface area contributed by atoms with E-state index in [0.29, 0.717) is 16.7 Å². The van der Waals surface area contributed by atoms with E-state index in [1.807, 2.05) is 36.5 Å². The molecule has 0 aliphatic heterocycles. The lowest BCUT2D eigenvalue weighted by Gasteiger charge is -2.19. The molecule has 2 heterocycles. The highest BCUT2D eigenvalue weighted by molar-refractivity contribution is 5.81. The fourth-order valence-electron chi connectivity index (χ4n) is 3.12. The fourth-order valence-corrected chi connectivity index (χ4v) is 3.12. The molecular formula is C24H24N4O4. The molecule has 0 saturated heterocycles. The molecule has 2 aromatic heterocycles. The van der Waals surface area contributed by atoms with Crippen LogP contribution in [-0.4, -0.2) is 21.5 Å². The summed E-state index contributed by atoms with van der Waals surface area (Å²) in [7, 11) is 0. The molecular weight excluding hydrogens is 408 g/mol. The maximum absolute atomic E-state index is 12.5. The van der Waals surface area contributed by atoms with Crippen LogP contribution < -0.4 is 16.1 Å². The van der Waals surface area contributed by atoms with E-state index in [1.54, 1.807) is 49.8 Å². The minimum Gasteiger partial charge on any atom is -0.459 e. The van der Waals surface area contributed by atoms with Crippen LogP contribution in [0, 0.1) is 0 Å². The van der Waals surface area contributed by atoms with Gasteiger partial charge >= 0.3 is 6.09 Å². The zero-order valence-electron chi connectivity index (χ0n) is 18.1. The molecule has 0 atom stereocenters. The summed E-state index contributed by atoms with van der Waals surface area (Å²) in [5, 5.41) is 10.7. The summed E-state index contributed by atoms with van der Waals surface area (Å²) >= 11 is 0. The van der Waals surface area contributed by atoms with Crippen LogP contribution in [0.25, 0.3) is 16.7 Å². The average molecular weight is 432 g/mol. The second-order valence-corrected chi connectivity index (χ2v) is 8.28. The summed E-state index contributed by atoms with van der Waals surface area (Å²) in [5.41, 5.74) is 2.11. The molecule has 2 N–H and O–H groups in total. The van der Waals surface area contributed by atoms with Gasteiger partial charge in [0.25, 0.3) is 0 Å². The molecule has 164 valence electrons. The number of nitrogens with zero attached hydrogens (tertiary/aromatic N) is 2. The van der Waals surface area contributed by atoms with Crippen molar-refractivity contribution in [2.24, 2.45) is 0 Å². The first kappa shape index (κ1) is 21.2. The highest BCUT2D eigenvalue weighted by Crippen LogP contribution is 2.22. The van der Waals surface area contributed by atoms with Crippen LogP contribution in [0.15, 0.2) is 76.2 Å². The zero-order chi connectivity index (χ0) is 22.7. The zero-order valence-corrected chi connectivity index (χ0v) is 18.1. The van der Waals surface area contributed by atoms with Crippen LogP contribution in [0.5, 0.6) is 0 Å². The first-order chi connectivity index (χ1) is 15.3. The molecule has 8 nitrogen and oxygen atoms in total. The molecule has 0 aliphatic rings. The van der Waals surface area contributed by atoms with E-state index in [-0.39, 0.29) is 12.0 Å². The number of benzene rings is 2. The van der Waals surface area contributed by atoms with Crippen LogP contribution in [0.4, 0.5) is 16.2 Å². The number of amides is 1. The molecule has 2 aromatic carbocycles. The molecule has 0 radical (unpaired) electrons. The molecule has 4 aromatic rings. The molecule has 0 fully saturated rings. The Labute approximate surface area is 184 Å². The van der Waals surface area contributed by atoms with Gasteiger partial charge < -0.3 is 19.8 Å². The highest BCUT2D eigenvalue weighted by Gasteiger charge is 2.16. The maximum atomic E-state index is 12.5. The summed E-state index contributed by atoms with van der Waals surface area (Å²) in [6, 6.07) is 16.4. The molecule has 1 amide bonds. The number of carbonyl (C=O) groups excluding carboxylic acids is 1. The van der Waals surface area contributed by atoms with Gasteiger partial charge in [-0.2, -0.15) is 5.10 Å². The number of aromatic nitrogens is 2. The van der Waals surface area contributed by atoms with E-state index in [4.69, 9.17) is 9.15 Å². The monoisotopic (exact) mass is 432 g/mol. The Kier molecular flexibility index (Phi) is 5.68. The number of anilines is 2. The smallest absolute Gasteiger partial charge is 0.408 e. The standard InChI is InChI=1S/C24H24N4O4/c1-24(2,3)32-23(30)25-14-19-12-21(29)20-10-9-16(11-22(20)31-19)27-17-13-26-28(15-17)18-7-5-4-6-8-18/h4-13,15,27H,14H2,1-3H3,(H,25,30). The van der Waals surface area contributed by atoms with Gasteiger partial charge in [-0.3, -0.25) is 4.79 Å². The van der Waals surface area contributed by atoms with Crippen molar-refractivity contribution in [2.75, 3.05) is 5.32 Å². The molecule has 0 bridgehead atoms. The number of carbonyl (C=O) groups is 1. The van der Waals surface area contributed by atoms with E-state index in [2.05, 4.69) is 15.7 Å². The Morgan fingerprint density at radius 2 is 1.88 bits per heavy atom. The average Bonchev–Trinajstić information content (AvgIpc) is 3.20. The number of hydrogen-bond acceptors (Lipinski definition) is 6. The molecule has 0 aliphatic carbocycles.